The Hall–Kier alpha value is -4.95. The molecule has 0 saturated heterocycles. The van der Waals surface area contributed by atoms with Crippen LogP contribution in [0.4, 0.5) is 4.39 Å². The number of furan rings is 1. The molecule has 3 aromatic heterocycles. The molecule has 0 aliphatic rings. The molecule has 4 nitrogen and oxygen atoms in total. The van der Waals surface area contributed by atoms with Crippen LogP contribution < -0.4 is 0 Å². The number of fused-ring (bicyclic) bond motifs is 6. The van der Waals surface area contributed by atoms with Crippen molar-refractivity contribution in [2.45, 2.75) is 26.2 Å². The van der Waals surface area contributed by atoms with Crippen LogP contribution in [-0.4, -0.2) is 9.55 Å². The SMILES string of the molecule is CC(C)(C)c1ccc(-c2ccccn2)c2oc3c(-n4c5ccccc5c5ccccc54)c(C#N)cc(F)c3c12. The highest BCUT2D eigenvalue weighted by Crippen LogP contribution is 2.46. The molecule has 7 aromatic rings. The highest BCUT2D eigenvalue weighted by atomic mass is 19.1. The first-order valence-electron chi connectivity index (χ1n) is 12.9. The second-order valence-electron chi connectivity index (χ2n) is 10.9. The largest absolute Gasteiger partial charge is 0.453 e. The summed E-state index contributed by atoms with van der Waals surface area (Å²) in [5.41, 5.74) is 5.69. The fourth-order valence-corrected chi connectivity index (χ4v) is 5.81. The van der Waals surface area contributed by atoms with Gasteiger partial charge in [-0.1, -0.05) is 69.3 Å². The van der Waals surface area contributed by atoms with Crippen molar-refractivity contribution >= 4 is 43.7 Å². The Morgan fingerprint density at radius 1 is 0.821 bits per heavy atom. The molecule has 5 heteroatoms. The maximum absolute atomic E-state index is 16.1. The lowest BCUT2D eigenvalue weighted by molar-refractivity contribution is 0.594. The van der Waals surface area contributed by atoms with Crippen LogP contribution in [0, 0.1) is 17.1 Å². The lowest BCUT2D eigenvalue weighted by Gasteiger charge is -2.21. The zero-order valence-electron chi connectivity index (χ0n) is 21.8. The van der Waals surface area contributed by atoms with Gasteiger partial charge in [0.2, 0.25) is 0 Å². The van der Waals surface area contributed by atoms with Gasteiger partial charge >= 0.3 is 0 Å². The fraction of sp³-hybridized carbons (Fsp3) is 0.118. The van der Waals surface area contributed by atoms with E-state index in [0.29, 0.717) is 27.6 Å². The number of rotatable bonds is 2. The molecule has 0 amide bonds. The van der Waals surface area contributed by atoms with E-state index in [0.717, 1.165) is 38.6 Å². The summed E-state index contributed by atoms with van der Waals surface area (Å²) in [4.78, 5) is 4.56. The third kappa shape index (κ3) is 3.31. The zero-order valence-corrected chi connectivity index (χ0v) is 21.8. The molecule has 188 valence electrons. The Morgan fingerprint density at radius 3 is 2.10 bits per heavy atom. The van der Waals surface area contributed by atoms with Crippen molar-refractivity contribution in [3.63, 3.8) is 0 Å². The summed E-state index contributed by atoms with van der Waals surface area (Å²) in [5, 5.41) is 13.4. The van der Waals surface area contributed by atoms with Crippen LogP contribution in [-0.2, 0) is 5.41 Å². The zero-order chi connectivity index (χ0) is 26.9. The molecule has 0 aliphatic heterocycles. The number of nitriles is 1. The summed E-state index contributed by atoms with van der Waals surface area (Å²) in [6.07, 6.45) is 1.74. The maximum atomic E-state index is 16.1. The first kappa shape index (κ1) is 23.2. The van der Waals surface area contributed by atoms with E-state index in [2.05, 4.69) is 44.0 Å². The number of pyridine rings is 1. The second kappa shape index (κ2) is 8.28. The van der Waals surface area contributed by atoms with Crippen LogP contribution in [0.15, 0.2) is 95.5 Å². The van der Waals surface area contributed by atoms with E-state index >= 15 is 4.39 Å². The number of benzene rings is 4. The molecule has 39 heavy (non-hydrogen) atoms. The van der Waals surface area contributed by atoms with Crippen molar-refractivity contribution in [1.82, 2.24) is 9.55 Å². The quantitative estimate of drug-likeness (QED) is 0.234. The first-order valence-corrected chi connectivity index (χ1v) is 12.9. The average Bonchev–Trinajstić information content (AvgIpc) is 3.50. The summed E-state index contributed by atoms with van der Waals surface area (Å²) in [5.74, 6) is -0.478. The van der Waals surface area contributed by atoms with Gasteiger partial charge in [-0.05, 0) is 47.4 Å². The molecule has 0 saturated carbocycles. The average molecular weight is 510 g/mol. The standard InChI is InChI=1S/C34H24FN3O/c1-34(2,3)24-16-15-23(26-12-8-9-17-37-26)32-29(24)30-25(35)18-20(19-36)31(33(30)39-32)38-27-13-6-4-10-21(27)22-11-5-7-14-28(22)38/h4-18H,1-3H3. The Kier molecular flexibility index (Phi) is 4.92. The van der Waals surface area contributed by atoms with Gasteiger partial charge in [-0.15, -0.1) is 0 Å². The summed E-state index contributed by atoms with van der Waals surface area (Å²) in [6, 6.07) is 29.5. The van der Waals surface area contributed by atoms with E-state index in [1.54, 1.807) is 6.20 Å². The normalized spacial score (nSPS) is 12.1. The maximum Gasteiger partial charge on any atom is 0.163 e. The van der Waals surface area contributed by atoms with E-state index in [-0.39, 0.29) is 11.0 Å². The molecule has 3 heterocycles. The van der Waals surface area contributed by atoms with E-state index in [4.69, 9.17) is 4.42 Å². The second-order valence-corrected chi connectivity index (χ2v) is 10.9. The molecular formula is C34H24FN3O. The number of para-hydroxylation sites is 2. The number of hydrogen-bond acceptors (Lipinski definition) is 3. The molecular weight excluding hydrogens is 485 g/mol. The predicted octanol–water partition coefficient (Wildman–Crippen LogP) is 9.05. The topological polar surface area (TPSA) is 54.8 Å². The van der Waals surface area contributed by atoms with Crippen molar-refractivity contribution < 1.29 is 8.81 Å². The first-order chi connectivity index (χ1) is 18.9. The third-order valence-electron chi connectivity index (χ3n) is 7.49. The van der Waals surface area contributed by atoms with Gasteiger partial charge in [-0.2, -0.15) is 5.26 Å². The van der Waals surface area contributed by atoms with Gasteiger partial charge in [0, 0.05) is 27.9 Å². The molecule has 0 N–H and O–H groups in total. The van der Waals surface area contributed by atoms with Crippen molar-refractivity contribution in [3.8, 4) is 23.0 Å². The number of halogens is 1. The summed E-state index contributed by atoms with van der Waals surface area (Å²) >= 11 is 0. The minimum atomic E-state index is -0.478. The number of hydrogen-bond donors (Lipinski definition) is 0. The van der Waals surface area contributed by atoms with Crippen molar-refractivity contribution in [1.29, 1.82) is 5.26 Å². The summed E-state index contributed by atoms with van der Waals surface area (Å²) < 4.78 is 24.8. The monoisotopic (exact) mass is 509 g/mol. The van der Waals surface area contributed by atoms with E-state index in [1.807, 2.05) is 71.3 Å². The van der Waals surface area contributed by atoms with Crippen LogP contribution in [0.2, 0.25) is 0 Å². The Balaban J connectivity index is 1.73. The van der Waals surface area contributed by atoms with Crippen LogP contribution in [0.1, 0.15) is 31.9 Å². The van der Waals surface area contributed by atoms with Gasteiger partial charge < -0.3 is 8.98 Å². The molecule has 0 radical (unpaired) electrons. The van der Waals surface area contributed by atoms with Gasteiger partial charge in [0.15, 0.2) is 5.58 Å². The third-order valence-corrected chi connectivity index (χ3v) is 7.49. The van der Waals surface area contributed by atoms with Gasteiger partial charge in [0.25, 0.3) is 0 Å². The van der Waals surface area contributed by atoms with Crippen molar-refractivity contribution in [2.75, 3.05) is 0 Å². The van der Waals surface area contributed by atoms with Crippen molar-refractivity contribution in [2.24, 2.45) is 0 Å². The van der Waals surface area contributed by atoms with E-state index < -0.39 is 5.82 Å². The van der Waals surface area contributed by atoms with E-state index in [9.17, 15) is 5.26 Å². The van der Waals surface area contributed by atoms with Gasteiger partial charge in [0.05, 0.1) is 27.7 Å². The molecule has 0 unspecified atom stereocenters. The summed E-state index contributed by atoms with van der Waals surface area (Å²) in [6.45, 7) is 6.32. The minimum absolute atomic E-state index is 0.210. The molecule has 0 atom stereocenters. The van der Waals surface area contributed by atoms with Gasteiger partial charge in [-0.25, -0.2) is 4.39 Å². The molecule has 4 aromatic carbocycles. The lowest BCUT2D eigenvalue weighted by atomic mass is 9.83. The van der Waals surface area contributed by atoms with Crippen LogP contribution in [0.3, 0.4) is 0 Å². The Bertz CT molecular complexity index is 2070. The summed E-state index contributed by atoms with van der Waals surface area (Å²) in [7, 11) is 0. The van der Waals surface area contributed by atoms with Gasteiger partial charge in [0.1, 0.15) is 23.2 Å². The smallest absolute Gasteiger partial charge is 0.163 e. The van der Waals surface area contributed by atoms with Crippen LogP contribution in [0.5, 0.6) is 0 Å². The lowest BCUT2D eigenvalue weighted by Crippen LogP contribution is -2.11. The Labute approximate surface area is 224 Å². The Morgan fingerprint density at radius 2 is 1.49 bits per heavy atom. The van der Waals surface area contributed by atoms with Crippen LogP contribution in [0.25, 0.3) is 60.7 Å². The predicted molar refractivity (Wildman–Crippen MR) is 155 cm³/mol. The highest BCUT2D eigenvalue weighted by molar-refractivity contribution is 6.16. The molecule has 0 bridgehead atoms. The van der Waals surface area contributed by atoms with Gasteiger partial charge in [-0.3, -0.25) is 4.98 Å². The molecule has 0 aliphatic carbocycles. The highest BCUT2D eigenvalue weighted by Gasteiger charge is 2.29. The minimum Gasteiger partial charge on any atom is -0.453 e. The van der Waals surface area contributed by atoms with Crippen LogP contribution >= 0.6 is 0 Å². The number of nitrogens with zero attached hydrogens (tertiary/aromatic N) is 3. The van der Waals surface area contributed by atoms with Crippen molar-refractivity contribution in [3.05, 3.63) is 108 Å². The number of aromatic nitrogens is 2. The molecule has 0 fully saturated rings. The molecule has 0 spiro atoms. The molecule has 7 rings (SSSR count). The fourth-order valence-electron chi connectivity index (χ4n) is 5.81. The van der Waals surface area contributed by atoms with E-state index in [1.165, 1.54) is 6.07 Å².